The van der Waals surface area contributed by atoms with E-state index >= 15 is 0 Å². The summed E-state index contributed by atoms with van der Waals surface area (Å²) in [5.41, 5.74) is 4.83. The SMILES string of the molecule is CC(C)(N)C(=O)N[C@H](COCc1ccc(F)cc1F)c1nnnn1[C@H](CC#N)COc1ccccn1. The molecule has 13 heteroatoms. The third kappa shape index (κ3) is 7.24. The van der Waals surface area contributed by atoms with Gasteiger partial charge in [0.25, 0.3) is 0 Å². The number of aromatic nitrogens is 5. The molecule has 0 saturated carbocycles. The maximum Gasteiger partial charge on any atom is 0.240 e. The molecule has 2 heterocycles. The summed E-state index contributed by atoms with van der Waals surface area (Å²) in [5.74, 6) is -1.45. The summed E-state index contributed by atoms with van der Waals surface area (Å²) < 4.78 is 39.9. The normalized spacial score (nSPS) is 13.0. The van der Waals surface area contributed by atoms with Crippen LogP contribution in [0.2, 0.25) is 0 Å². The lowest BCUT2D eigenvalue weighted by Crippen LogP contribution is -2.51. The van der Waals surface area contributed by atoms with Crippen molar-refractivity contribution >= 4 is 5.91 Å². The van der Waals surface area contributed by atoms with Crippen molar-refractivity contribution in [3.63, 3.8) is 0 Å². The highest BCUT2D eigenvalue weighted by atomic mass is 19.1. The zero-order valence-corrected chi connectivity index (χ0v) is 19.8. The Balaban J connectivity index is 1.81. The van der Waals surface area contributed by atoms with Crippen LogP contribution in [0.5, 0.6) is 5.88 Å². The van der Waals surface area contributed by atoms with Crippen molar-refractivity contribution in [2.45, 2.75) is 44.5 Å². The number of carbonyl (C=O) groups excluding carboxylic acids is 1. The van der Waals surface area contributed by atoms with Gasteiger partial charge in [0.1, 0.15) is 30.3 Å². The van der Waals surface area contributed by atoms with Gasteiger partial charge in [0.05, 0.1) is 31.2 Å². The molecule has 190 valence electrons. The molecule has 0 aliphatic carbocycles. The molecule has 1 amide bonds. The van der Waals surface area contributed by atoms with Gasteiger partial charge >= 0.3 is 0 Å². The van der Waals surface area contributed by atoms with Gasteiger partial charge in [-0.1, -0.05) is 12.1 Å². The zero-order valence-electron chi connectivity index (χ0n) is 19.8. The predicted molar refractivity (Wildman–Crippen MR) is 122 cm³/mol. The molecule has 36 heavy (non-hydrogen) atoms. The monoisotopic (exact) mass is 500 g/mol. The van der Waals surface area contributed by atoms with E-state index in [1.165, 1.54) is 24.6 Å². The first-order valence-electron chi connectivity index (χ1n) is 11.0. The molecule has 0 spiro atoms. The summed E-state index contributed by atoms with van der Waals surface area (Å²) in [6, 6.07) is 8.84. The highest BCUT2D eigenvalue weighted by Gasteiger charge is 2.30. The molecule has 0 fully saturated rings. The summed E-state index contributed by atoms with van der Waals surface area (Å²) >= 11 is 0. The summed E-state index contributed by atoms with van der Waals surface area (Å²) in [6.45, 7) is 2.70. The second-order valence-corrected chi connectivity index (χ2v) is 8.48. The minimum Gasteiger partial charge on any atom is -0.475 e. The number of nitrogens with one attached hydrogen (secondary N) is 1. The number of carbonyl (C=O) groups is 1. The van der Waals surface area contributed by atoms with E-state index < -0.39 is 35.2 Å². The van der Waals surface area contributed by atoms with E-state index in [2.05, 4.69) is 31.9 Å². The maximum absolute atomic E-state index is 14.0. The third-order valence-corrected chi connectivity index (χ3v) is 5.01. The van der Waals surface area contributed by atoms with Crippen molar-refractivity contribution in [3.05, 3.63) is 65.6 Å². The summed E-state index contributed by atoms with van der Waals surface area (Å²) in [4.78, 5) is 16.7. The predicted octanol–water partition coefficient (Wildman–Crippen LogP) is 1.99. The van der Waals surface area contributed by atoms with Crippen molar-refractivity contribution in [2.24, 2.45) is 5.73 Å². The van der Waals surface area contributed by atoms with Gasteiger partial charge in [-0.2, -0.15) is 5.26 Å². The molecule has 0 unspecified atom stereocenters. The number of pyridine rings is 1. The van der Waals surface area contributed by atoms with Gasteiger partial charge in [0, 0.05) is 23.9 Å². The minimum atomic E-state index is -1.23. The highest BCUT2D eigenvalue weighted by molar-refractivity contribution is 5.85. The quantitative estimate of drug-likeness (QED) is 0.380. The Bertz CT molecular complexity index is 1190. The van der Waals surface area contributed by atoms with Gasteiger partial charge < -0.3 is 20.5 Å². The van der Waals surface area contributed by atoms with Gasteiger partial charge in [-0.25, -0.2) is 18.4 Å². The fourth-order valence-electron chi connectivity index (χ4n) is 3.08. The Morgan fingerprint density at radius 1 is 1.28 bits per heavy atom. The number of ether oxygens (including phenoxy) is 2. The highest BCUT2D eigenvalue weighted by Crippen LogP contribution is 2.20. The number of nitriles is 1. The number of amides is 1. The lowest BCUT2D eigenvalue weighted by molar-refractivity contribution is -0.126. The Hall–Kier alpha value is -4.02. The molecule has 1 aromatic carbocycles. The van der Waals surface area contributed by atoms with Crippen LogP contribution >= 0.6 is 0 Å². The molecule has 2 atom stereocenters. The summed E-state index contributed by atoms with van der Waals surface area (Å²) in [6.07, 6.45) is 1.56. The largest absolute Gasteiger partial charge is 0.475 e. The van der Waals surface area contributed by atoms with E-state index in [0.717, 1.165) is 12.1 Å². The van der Waals surface area contributed by atoms with E-state index in [0.29, 0.717) is 5.88 Å². The molecular weight excluding hydrogens is 474 g/mol. The van der Waals surface area contributed by atoms with Crippen LogP contribution in [0, 0.1) is 23.0 Å². The Morgan fingerprint density at radius 2 is 2.08 bits per heavy atom. The van der Waals surface area contributed by atoms with Crippen molar-refractivity contribution in [2.75, 3.05) is 13.2 Å². The van der Waals surface area contributed by atoms with Crippen LogP contribution in [-0.4, -0.2) is 49.9 Å². The number of nitrogens with zero attached hydrogens (tertiary/aromatic N) is 6. The average molecular weight is 501 g/mol. The molecule has 0 radical (unpaired) electrons. The van der Waals surface area contributed by atoms with Crippen LogP contribution in [0.1, 0.15) is 43.7 Å². The lowest BCUT2D eigenvalue weighted by atomic mass is 10.1. The van der Waals surface area contributed by atoms with Crippen molar-refractivity contribution < 1.29 is 23.0 Å². The molecule has 3 N–H and O–H groups in total. The first kappa shape index (κ1) is 26.6. The first-order chi connectivity index (χ1) is 17.2. The Kier molecular flexibility index (Phi) is 8.93. The number of hydrogen-bond acceptors (Lipinski definition) is 9. The molecule has 0 aliphatic heterocycles. The molecule has 3 aromatic rings. The summed E-state index contributed by atoms with van der Waals surface area (Å²) in [5, 5.41) is 23.8. The second kappa shape index (κ2) is 12.1. The number of hydrogen-bond donors (Lipinski definition) is 2. The van der Waals surface area contributed by atoms with E-state index in [-0.39, 0.29) is 37.6 Å². The van der Waals surface area contributed by atoms with Crippen LogP contribution in [0.4, 0.5) is 8.78 Å². The smallest absolute Gasteiger partial charge is 0.240 e. The fourth-order valence-corrected chi connectivity index (χ4v) is 3.08. The number of benzene rings is 1. The van der Waals surface area contributed by atoms with Gasteiger partial charge in [-0.15, -0.1) is 5.10 Å². The molecule has 0 bridgehead atoms. The van der Waals surface area contributed by atoms with Crippen LogP contribution in [0.3, 0.4) is 0 Å². The average Bonchev–Trinajstić information content (AvgIpc) is 3.32. The Morgan fingerprint density at radius 3 is 2.75 bits per heavy atom. The van der Waals surface area contributed by atoms with Crippen LogP contribution < -0.4 is 15.8 Å². The van der Waals surface area contributed by atoms with Crippen LogP contribution in [0.25, 0.3) is 0 Å². The van der Waals surface area contributed by atoms with Crippen LogP contribution in [0.15, 0.2) is 42.6 Å². The Labute approximate surface area is 206 Å². The molecule has 11 nitrogen and oxygen atoms in total. The van der Waals surface area contributed by atoms with Gasteiger partial charge in [0.15, 0.2) is 5.82 Å². The van der Waals surface area contributed by atoms with Gasteiger partial charge in [-0.05, 0) is 36.4 Å². The van der Waals surface area contributed by atoms with Crippen LogP contribution in [-0.2, 0) is 16.1 Å². The molecule has 0 aliphatic rings. The molecule has 2 aromatic heterocycles. The van der Waals surface area contributed by atoms with Crippen molar-refractivity contribution in [1.29, 1.82) is 5.26 Å². The van der Waals surface area contributed by atoms with Gasteiger partial charge in [-0.3, -0.25) is 4.79 Å². The van der Waals surface area contributed by atoms with Gasteiger partial charge in [0.2, 0.25) is 11.8 Å². The number of tetrazole rings is 1. The lowest BCUT2D eigenvalue weighted by Gasteiger charge is -2.25. The van der Waals surface area contributed by atoms with E-state index in [9.17, 15) is 18.8 Å². The molecular formula is C23H26F2N8O3. The molecule has 3 rings (SSSR count). The fraction of sp³-hybridized carbons (Fsp3) is 0.391. The molecule has 0 saturated heterocycles. The van der Waals surface area contributed by atoms with Crippen molar-refractivity contribution in [1.82, 2.24) is 30.5 Å². The third-order valence-electron chi connectivity index (χ3n) is 5.01. The van der Waals surface area contributed by atoms with E-state index in [1.54, 1.807) is 24.4 Å². The number of rotatable bonds is 12. The van der Waals surface area contributed by atoms with E-state index in [4.69, 9.17) is 15.2 Å². The second-order valence-electron chi connectivity index (χ2n) is 8.48. The topological polar surface area (TPSA) is 154 Å². The number of halogens is 2. The standard InChI is InChI=1S/C23H26F2N8O3/c1-23(2,27)22(34)29-19(14-35-12-15-6-7-16(24)11-18(15)25)21-30-31-32-33(21)17(8-9-26)13-36-20-5-3-4-10-28-20/h3-7,10-11,17,19H,8,12-14,27H2,1-2H3,(H,29,34)/t17-,19-/m1/s1. The number of nitrogens with two attached hydrogens (primary N) is 1. The minimum absolute atomic E-state index is 0.00440. The maximum atomic E-state index is 14.0. The van der Waals surface area contributed by atoms with E-state index in [1.807, 2.05) is 0 Å². The zero-order chi connectivity index (χ0) is 26.1. The summed E-state index contributed by atoms with van der Waals surface area (Å²) in [7, 11) is 0. The van der Waals surface area contributed by atoms with Crippen molar-refractivity contribution in [3.8, 4) is 11.9 Å². The first-order valence-corrected chi connectivity index (χ1v) is 11.0.